The zero-order valence-corrected chi connectivity index (χ0v) is 13.0. The first-order valence-corrected chi connectivity index (χ1v) is 8.43. The first-order valence-electron chi connectivity index (χ1n) is 8.43. The van der Waals surface area contributed by atoms with Crippen molar-refractivity contribution >= 4 is 0 Å². The average molecular weight is 267 g/mol. The first-order chi connectivity index (χ1) is 9.25. The van der Waals surface area contributed by atoms with Crippen molar-refractivity contribution in [3.8, 4) is 0 Å². The Bertz CT molecular complexity index is 242. The van der Waals surface area contributed by atoms with E-state index in [1.165, 1.54) is 77.9 Å². The highest BCUT2D eigenvalue weighted by atomic mass is 15.3. The molecule has 0 aliphatic carbocycles. The van der Waals surface area contributed by atoms with Crippen LogP contribution < -0.4 is 5.32 Å². The molecule has 3 heteroatoms. The maximum atomic E-state index is 3.61. The Hall–Kier alpha value is -0.120. The van der Waals surface area contributed by atoms with E-state index in [0.717, 1.165) is 12.0 Å². The molecule has 1 N–H and O–H groups in total. The molecular weight excluding hydrogens is 234 g/mol. The van der Waals surface area contributed by atoms with Crippen LogP contribution in [0.5, 0.6) is 0 Å². The minimum Gasteiger partial charge on any atom is -0.315 e. The Morgan fingerprint density at radius 1 is 1.11 bits per heavy atom. The summed E-state index contributed by atoms with van der Waals surface area (Å²) >= 11 is 0. The zero-order chi connectivity index (χ0) is 13.5. The van der Waals surface area contributed by atoms with E-state index in [-0.39, 0.29) is 0 Å². The SMILES string of the molecule is CC(C)CCCNCCN1CCCN2CCCC2C1. The Morgan fingerprint density at radius 3 is 2.79 bits per heavy atom. The Labute approximate surface area is 119 Å². The van der Waals surface area contributed by atoms with Crippen LogP contribution in [-0.4, -0.2) is 61.7 Å². The van der Waals surface area contributed by atoms with Gasteiger partial charge in [-0.25, -0.2) is 0 Å². The fraction of sp³-hybridized carbons (Fsp3) is 1.00. The lowest BCUT2D eigenvalue weighted by molar-refractivity contribution is 0.220. The first kappa shape index (κ1) is 15.3. The molecule has 0 saturated carbocycles. The minimum atomic E-state index is 0.848. The molecule has 0 amide bonds. The quantitative estimate of drug-likeness (QED) is 0.713. The summed E-state index contributed by atoms with van der Waals surface area (Å²) in [6, 6.07) is 0.864. The van der Waals surface area contributed by atoms with Crippen molar-refractivity contribution in [2.75, 3.05) is 45.8 Å². The molecule has 0 spiro atoms. The van der Waals surface area contributed by atoms with Crippen LogP contribution in [0.25, 0.3) is 0 Å². The fourth-order valence-electron chi connectivity index (χ4n) is 3.48. The second-order valence-electron chi connectivity index (χ2n) is 6.77. The molecule has 2 aliphatic rings. The van der Waals surface area contributed by atoms with Gasteiger partial charge in [0.25, 0.3) is 0 Å². The van der Waals surface area contributed by atoms with Crippen molar-refractivity contribution in [1.82, 2.24) is 15.1 Å². The topological polar surface area (TPSA) is 18.5 Å². The second-order valence-corrected chi connectivity index (χ2v) is 6.77. The molecule has 0 aromatic carbocycles. The van der Waals surface area contributed by atoms with Gasteiger partial charge in [-0.05, 0) is 64.2 Å². The normalized spacial score (nSPS) is 25.7. The van der Waals surface area contributed by atoms with E-state index in [2.05, 4.69) is 29.0 Å². The number of hydrogen-bond acceptors (Lipinski definition) is 3. The van der Waals surface area contributed by atoms with E-state index in [0.29, 0.717) is 0 Å². The number of rotatable bonds is 7. The van der Waals surface area contributed by atoms with Crippen LogP contribution in [0, 0.1) is 5.92 Å². The summed E-state index contributed by atoms with van der Waals surface area (Å²) in [6.45, 7) is 13.5. The summed E-state index contributed by atoms with van der Waals surface area (Å²) in [5.74, 6) is 0.848. The lowest BCUT2D eigenvalue weighted by Crippen LogP contribution is -2.39. The van der Waals surface area contributed by atoms with Crippen LogP contribution in [0.3, 0.4) is 0 Å². The highest BCUT2D eigenvalue weighted by molar-refractivity contribution is 4.84. The van der Waals surface area contributed by atoms with E-state index in [9.17, 15) is 0 Å². The molecule has 0 radical (unpaired) electrons. The predicted molar refractivity (Wildman–Crippen MR) is 82.6 cm³/mol. The molecule has 2 heterocycles. The minimum absolute atomic E-state index is 0.848. The maximum absolute atomic E-state index is 3.61. The van der Waals surface area contributed by atoms with Crippen LogP contribution in [0.4, 0.5) is 0 Å². The molecule has 2 fully saturated rings. The summed E-state index contributed by atoms with van der Waals surface area (Å²) in [4.78, 5) is 5.40. The van der Waals surface area contributed by atoms with Crippen molar-refractivity contribution in [3.63, 3.8) is 0 Å². The highest BCUT2D eigenvalue weighted by Gasteiger charge is 2.28. The van der Waals surface area contributed by atoms with Crippen LogP contribution in [0.1, 0.15) is 46.0 Å². The van der Waals surface area contributed by atoms with Crippen LogP contribution >= 0.6 is 0 Å². The smallest absolute Gasteiger partial charge is 0.0223 e. The monoisotopic (exact) mass is 267 g/mol. The lowest BCUT2D eigenvalue weighted by atomic mass is 10.1. The Morgan fingerprint density at radius 2 is 1.95 bits per heavy atom. The molecule has 2 aliphatic heterocycles. The molecule has 0 aromatic heterocycles. The third-order valence-corrected chi connectivity index (χ3v) is 4.63. The van der Waals surface area contributed by atoms with Crippen molar-refractivity contribution in [2.45, 2.75) is 52.0 Å². The Balaban J connectivity index is 1.55. The molecule has 1 unspecified atom stereocenters. The van der Waals surface area contributed by atoms with Crippen LogP contribution in [0.2, 0.25) is 0 Å². The predicted octanol–water partition coefficient (Wildman–Crippen LogP) is 2.18. The van der Waals surface area contributed by atoms with Crippen molar-refractivity contribution in [2.24, 2.45) is 5.92 Å². The number of nitrogens with zero attached hydrogens (tertiary/aromatic N) is 2. The summed E-state index contributed by atoms with van der Waals surface area (Å²) in [7, 11) is 0. The van der Waals surface area contributed by atoms with Gasteiger partial charge in [-0.15, -0.1) is 0 Å². The average Bonchev–Trinajstić information content (AvgIpc) is 2.72. The van der Waals surface area contributed by atoms with Gasteiger partial charge in [-0.1, -0.05) is 13.8 Å². The lowest BCUT2D eigenvalue weighted by Gasteiger charge is -2.25. The van der Waals surface area contributed by atoms with Gasteiger partial charge in [0.15, 0.2) is 0 Å². The molecule has 0 bridgehead atoms. The van der Waals surface area contributed by atoms with Crippen molar-refractivity contribution < 1.29 is 0 Å². The van der Waals surface area contributed by atoms with Gasteiger partial charge in [0.05, 0.1) is 0 Å². The standard InChI is InChI=1S/C16H33N3/c1-15(2)6-3-8-17-9-13-18-10-5-12-19-11-4-7-16(19)14-18/h15-17H,3-14H2,1-2H3. The van der Waals surface area contributed by atoms with Crippen LogP contribution in [0.15, 0.2) is 0 Å². The van der Waals surface area contributed by atoms with E-state index in [1.807, 2.05) is 0 Å². The summed E-state index contributed by atoms with van der Waals surface area (Å²) in [5, 5.41) is 3.61. The number of hydrogen-bond donors (Lipinski definition) is 1. The second kappa shape index (κ2) is 8.23. The Kier molecular flexibility index (Phi) is 6.62. The molecule has 1 atom stereocenters. The third-order valence-electron chi connectivity index (χ3n) is 4.63. The van der Waals surface area contributed by atoms with Crippen LogP contribution in [-0.2, 0) is 0 Å². The van der Waals surface area contributed by atoms with E-state index < -0.39 is 0 Å². The summed E-state index contributed by atoms with van der Waals surface area (Å²) in [6.07, 6.45) is 6.90. The summed E-state index contributed by atoms with van der Waals surface area (Å²) < 4.78 is 0. The van der Waals surface area contributed by atoms with Crippen molar-refractivity contribution in [3.05, 3.63) is 0 Å². The fourth-order valence-corrected chi connectivity index (χ4v) is 3.48. The molecule has 3 nitrogen and oxygen atoms in total. The van der Waals surface area contributed by atoms with Gasteiger partial charge in [0.2, 0.25) is 0 Å². The number of fused-ring (bicyclic) bond motifs is 1. The van der Waals surface area contributed by atoms with Gasteiger partial charge in [-0.2, -0.15) is 0 Å². The molecule has 2 saturated heterocycles. The van der Waals surface area contributed by atoms with E-state index >= 15 is 0 Å². The van der Waals surface area contributed by atoms with E-state index in [1.54, 1.807) is 0 Å². The number of nitrogens with one attached hydrogen (secondary N) is 1. The van der Waals surface area contributed by atoms with Gasteiger partial charge < -0.3 is 10.2 Å². The van der Waals surface area contributed by atoms with Gasteiger partial charge in [-0.3, -0.25) is 4.90 Å². The van der Waals surface area contributed by atoms with Gasteiger partial charge >= 0.3 is 0 Å². The molecule has 112 valence electrons. The van der Waals surface area contributed by atoms with Gasteiger partial charge in [0.1, 0.15) is 0 Å². The maximum Gasteiger partial charge on any atom is 0.0223 e. The van der Waals surface area contributed by atoms with Crippen molar-refractivity contribution in [1.29, 1.82) is 0 Å². The highest BCUT2D eigenvalue weighted by Crippen LogP contribution is 2.20. The molecule has 0 aromatic rings. The van der Waals surface area contributed by atoms with Gasteiger partial charge in [0, 0.05) is 25.7 Å². The third kappa shape index (κ3) is 5.41. The summed E-state index contributed by atoms with van der Waals surface area (Å²) in [5.41, 5.74) is 0. The molecule has 19 heavy (non-hydrogen) atoms. The largest absolute Gasteiger partial charge is 0.315 e. The zero-order valence-electron chi connectivity index (χ0n) is 13.0. The van der Waals surface area contributed by atoms with E-state index in [4.69, 9.17) is 0 Å². The molecular formula is C16H33N3. The molecule has 2 rings (SSSR count).